The Labute approximate surface area is 88.6 Å². The van der Waals surface area contributed by atoms with E-state index in [-0.39, 0.29) is 11.8 Å². The van der Waals surface area contributed by atoms with Crippen molar-refractivity contribution in [3.8, 4) is 0 Å². The van der Waals surface area contributed by atoms with Gasteiger partial charge in [-0.15, -0.1) is 0 Å². The first-order chi connectivity index (χ1) is 6.99. The van der Waals surface area contributed by atoms with Crippen LogP contribution in [0.25, 0.3) is 0 Å². The second-order valence-electron chi connectivity index (χ2n) is 4.34. The molecule has 0 aromatic rings. The molecule has 0 saturated carbocycles. The highest BCUT2D eigenvalue weighted by molar-refractivity contribution is 5.83. The third-order valence-electron chi connectivity index (χ3n) is 3.16. The third-order valence-corrected chi connectivity index (χ3v) is 3.16. The Morgan fingerprint density at radius 1 is 1.53 bits per heavy atom. The summed E-state index contributed by atoms with van der Waals surface area (Å²) in [4.78, 5) is 11.8. The second-order valence-corrected chi connectivity index (χ2v) is 4.34. The van der Waals surface area contributed by atoms with E-state index < -0.39 is 18.4 Å². The van der Waals surface area contributed by atoms with Gasteiger partial charge in [0.15, 0.2) is 0 Å². The highest BCUT2D eigenvalue weighted by Crippen LogP contribution is 2.34. The van der Waals surface area contributed by atoms with Crippen LogP contribution in [0.3, 0.4) is 0 Å². The highest BCUT2D eigenvalue weighted by atomic mass is 19.3. The summed E-state index contributed by atoms with van der Waals surface area (Å²) in [5.41, 5.74) is -0.505. The van der Waals surface area contributed by atoms with Crippen LogP contribution in [0.1, 0.15) is 20.3 Å². The van der Waals surface area contributed by atoms with Gasteiger partial charge in [-0.05, 0) is 18.9 Å². The minimum absolute atomic E-state index is 0.158. The van der Waals surface area contributed by atoms with Gasteiger partial charge < -0.3 is 10.6 Å². The molecule has 5 heteroatoms. The molecule has 1 atom stereocenters. The van der Waals surface area contributed by atoms with Crippen molar-refractivity contribution < 1.29 is 13.6 Å². The van der Waals surface area contributed by atoms with Gasteiger partial charge >= 0.3 is 0 Å². The molecule has 1 aliphatic rings. The number of carbonyl (C=O) groups excluding carboxylic acids is 1. The van der Waals surface area contributed by atoms with Crippen molar-refractivity contribution >= 4 is 5.91 Å². The fraction of sp³-hybridized carbons (Fsp3) is 0.900. The quantitative estimate of drug-likeness (QED) is 0.742. The van der Waals surface area contributed by atoms with E-state index in [9.17, 15) is 13.6 Å². The molecule has 1 amide bonds. The summed E-state index contributed by atoms with van der Waals surface area (Å²) < 4.78 is 24.0. The SMILES string of the molecule is CC(C)C1(C(=O)NCC(F)F)CCNC1. The summed E-state index contributed by atoms with van der Waals surface area (Å²) in [6, 6.07) is 0. The highest BCUT2D eigenvalue weighted by Gasteiger charge is 2.43. The van der Waals surface area contributed by atoms with E-state index in [4.69, 9.17) is 0 Å². The summed E-state index contributed by atoms with van der Waals surface area (Å²) in [6.07, 6.45) is -1.76. The number of rotatable bonds is 4. The van der Waals surface area contributed by atoms with Gasteiger partial charge in [-0.2, -0.15) is 0 Å². The number of halogens is 2. The molecule has 1 unspecified atom stereocenters. The van der Waals surface area contributed by atoms with E-state index >= 15 is 0 Å². The first kappa shape index (κ1) is 12.4. The monoisotopic (exact) mass is 220 g/mol. The minimum Gasteiger partial charge on any atom is -0.350 e. The molecule has 0 spiro atoms. The van der Waals surface area contributed by atoms with Crippen molar-refractivity contribution in [2.24, 2.45) is 11.3 Å². The van der Waals surface area contributed by atoms with Gasteiger partial charge in [-0.25, -0.2) is 8.78 Å². The lowest BCUT2D eigenvalue weighted by atomic mass is 9.75. The minimum atomic E-state index is -2.48. The Morgan fingerprint density at radius 2 is 2.20 bits per heavy atom. The maximum absolute atomic E-state index is 12.0. The van der Waals surface area contributed by atoms with E-state index in [2.05, 4.69) is 10.6 Å². The molecular weight excluding hydrogens is 202 g/mol. The first-order valence-electron chi connectivity index (χ1n) is 5.26. The number of hydrogen-bond acceptors (Lipinski definition) is 2. The third kappa shape index (κ3) is 2.65. The van der Waals surface area contributed by atoms with Crippen LogP contribution in [0.2, 0.25) is 0 Å². The number of nitrogens with one attached hydrogen (secondary N) is 2. The van der Waals surface area contributed by atoms with E-state index in [1.807, 2.05) is 13.8 Å². The number of hydrogen-bond donors (Lipinski definition) is 2. The molecule has 0 aliphatic carbocycles. The van der Waals surface area contributed by atoms with Crippen LogP contribution in [0.5, 0.6) is 0 Å². The Bertz CT molecular complexity index is 225. The fourth-order valence-corrected chi connectivity index (χ4v) is 2.01. The normalized spacial score (nSPS) is 26.3. The lowest BCUT2D eigenvalue weighted by molar-refractivity contribution is -0.133. The zero-order valence-corrected chi connectivity index (χ0v) is 9.15. The van der Waals surface area contributed by atoms with E-state index in [0.717, 1.165) is 13.0 Å². The smallest absolute Gasteiger partial charge is 0.255 e. The molecule has 1 aliphatic heterocycles. The molecular formula is C10H18F2N2O. The van der Waals surface area contributed by atoms with Crippen LogP contribution in [-0.4, -0.2) is 32.0 Å². The van der Waals surface area contributed by atoms with Gasteiger partial charge in [-0.3, -0.25) is 4.79 Å². The van der Waals surface area contributed by atoms with Crippen LogP contribution < -0.4 is 10.6 Å². The van der Waals surface area contributed by atoms with Crippen LogP contribution in [-0.2, 0) is 4.79 Å². The summed E-state index contributed by atoms with van der Waals surface area (Å²) in [5, 5.41) is 5.43. The molecule has 15 heavy (non-hydrogen) atoms. The molecule has 1 rings (SSSR count). The number of amides is 1. The van der Waals surface area contributed by atoms with Crippen LogP contribution in [0, 0.1) is 11.3 Å². The molecule has 0 aromatic carbocycles. The molecule has 3 nitrogen and oxygen atoms in total. The molecule has 0 radical (unpaired) electrons. The van der Waals surface area contributed by atoms with Crippen LogP contribution >= 0.6 is 0 Å². The molecule has 0 bridgehead atoms. The Balaban J connectivity index is 2.60. The lowest BCUT2D eigenvalue weighted by Gasteiger charge is -2.30. The van der Waals surface area contributed by atoms with Gasteiger partial charge in [0.1, 0.15) is 0 Å². The van der Waals surface area contributed by atoms with Crippen LogP contribution in [0.15, 0.2) is 0 Å². The van der Waals surface area contributed by atoms with Crippen molar-refractivity contribution in [2.45, 2.75) is 26.7 Å². The summed E-state index contributed by atoms with van der Waals surface area (Å²) in [5.74, 6) is -0.0898. The molecule has 1 fully saturated rings. The molecule has 1 saturated heterocycles. The predicted octanol–water partition coefficient (Wildman–Crippen LogP) is 1.00. The van der Waals surface area contributed by atoms with Gasteiger partial charge in [0, 0.05) is 6.54 Å². The van der Waals surface area contributed by atoms with Crippen molar-refractivity contribution in [1.29, 1.82) is 0 Å². The molecule has 1 heterocycles. The predicted molar refractivity (Wildman–Crippen MR) is 53.8 cm³/mol. The second kappa shape index (κ2) is 4.88. The Kier molecular flexibility index (Phi) is 4.02. The largest absolute Gasteiger partial charge is 0.350 e. The molecule has 0 aromatic heterocycles. The first-order valence-corrected chi connectivity index (χ1v) is 5.26. The number of carbonyl (C=O) groups is 1. The summed E-state index contributed by atoms with van der Waals surface area (Å²) in [6.45, 7) is 4.72. The van der Waals surface area contributed by atoms with Crippen molar-refractivity contribution in [3.05, 3.63) is 0 Å². The lowest BCUT2D eigenvalue weighted by Crippen LogP contribution is -2.47. The average molecular weight is 220 g/mol. The molecule has 2 N–H and O–H groups in total. The van der Waals surface area contributed by atoms with Crippen molar-refractivity contribution in [3.63, 3.8) is 0 Å². The molecule has 88 valence electrons. The van der Waals surface area contributed by atoms with E-state index in [1.54, 1.807) is 0 Å². The maximum atomic E-state index is 12.0. The zero-order valence-electron chi connectivity index (χ0n) is 9.15. The Morgan fingerprint density at radius 3 is 2.60 bits per heavy atom. The van der Waals surface area contributed by atoms with Gasteiger partial charge in [-0.1, -0.05) is 13.8 Å². The van der Waals surface area contributed by atoms with Crippen LogP contribution in [0.4, 0.5) is 8.78 Å². The summed E-state index contributed by atoms with van der Waals surface area (Å²) >= 11 is 0. The van der Waals surface area contributed by atoms with E-state index in [1.165, 1.54) is 0 Å². The Hall–Kier alpha value is -0.710. The van der Waals surface area contributed by atoms with Gasteiger partial charge in [0.2, 0.25) is 5.91 Å². The standard InChI is InChI=1S/C10H18F2N2O/c1-7(2)10(3-4-13-6-10)9(15)14-5-8(11)12/h7-8,13H,3-6H2,1-2H3,(H,14,15). The van der Waals surface area contributed by atoms with Crippen molar-refractivity contribution in [2.75, 3.05) is 19.6 Å². The fourth-order valence-electron chi connectivity index (χ4n) is 2.01. The van der Waals surface area contributed by atoms with Crippen molar-refractivity contribution in [1.82, 2.24) is 10.6 Å². The average Bonchev–Trinajstić information content (AvgIpc) is 2.63. The maximum Gasteiger partial charge on any atom is 0.255 e. The number of alkyl halides is 2. The summed E-state index contributed by atoms with van der Waals surface area (Å²) in [7, 11) is 0. The van der Waals surface area contributed by atoms with Gasteiger partial charge in [0.05, 0.1) is 12.0 Å². The van der Waals surface area contributed by atoms with Gasteiger partial charge in [0.25, 0.3) is 6.43 Å². The zero-order chi connectivity index (χ0) is 11.5. The van der Waals surface area contributed by atoms with E-state index in [0.29, 0.717) is 6.54 Å². The topological polar surface area (TPSA) is 41.1 Å².